The molecule has 0 aromatic carbocycles. The van der Waals surface area contributed by atoms with Crippen molar-refractivity contribution in [1.29, 1.82) is 0 Å². The van der Waals surface area contributed by atoms with Gasteiger partial charge >= 0.3 is 5.97 Å². The summed E-state index contributed by atoms with van der Waals surface area (Å²) in [5, 5.41) is 0. The molecule has 0 rings (SSSR count). The molecule has 0 fully saturated rings. The summed E-state index contributed by atoms with van der Waals surface area (Å²) < 4.78 is 4.89. The third kappa shape index (κ3) is 3.69. The number of rotatable bonds is 5. The maximum absolute atomic E-state index is 11.1. The summed E-state index contributed by atoms with van der Waals surface area (Å²) >= 11 is 0. The van der Waals surface area contributed by atoms with Crippen LogP contribution in [0, 0.1) is 0 Å². The van der Waals surface area contributed by atoms with Crippen LogP contribution in [0.5, 0.6) is 0 Å². The van der Waals surface area contributed by atoms with Crippen LogP contribution in [0.1, 0.15) is 26.7 Å². The smallest absolute Gasteiger partial charge is 0.327 e. The van der Waals surface area contributed by atoms with Crippen LogP contribution in [0.2, 0.25) is 0 Å². The molecule has 0 aliphatic carbocycles. The minimum Gasteiger partial charge on any atom is -0.464 e. The van der Waals surface area contributed by atoms with E-state index in [9.17, 15) is 4.79 Å². The highest BCUT2D eigenvalue weighted by atomic mass is 16.5. The Morgan fingerprint density at radius 3 is 2.58 bits per heavy atom. The zero-order valence-electron chi connectivity index (χ0n) is 7.80. The second-order valence-electron chi connectivity index (χ2n) is 3.11. The number of hydrogen-bond acceptors (Lipinski definition) is 4. The summed E-state index contributed by atoms with van der Waals surface area (Å²) in [5.41, 5.74) is 9.79. The third-order valence-corrected chi connectivity index (χ3v) is 1.62. The van der Waals surface area contributed by atoms with Gasteiger partial charge < -0.3 is 16.2 Å². The first-order chi connectivity index (χ1) is 5.54. The first kappa shape index (κ1) is 11.4. The van der Waals surface area contributed by atoms with E-state index in [1.54, 1.807) is 6.92 Å². The van der Waals surface area contributed by atoms with Gasteiger partial charge in [0.25, 0.3) is 0 Å². The Bertz CT molecular complexity index is 146. The molecule has 0 aromatic heterocycles. The van der Waals surface area contributed by atoms with E-state index >= 15 is 0 Å². The van der Waals surface area contributed by atoms with Crippen molar-refractivity contribution < 1.29 is 9.53 Å². The molecule has 4 heteroatoms. The Morgan fingerprint density at radius 2 is 2.17 bits per heavy atom. The number of hydrogen-bond donors (Lipinski definition) is 2. The van der Waals surface area contributed by atoms with Crippen molar-refractivity contribution in [3.63, 3.8) is 0 Å². The lowest BCUT2D eigenvalue weighted by molar-refractivity contribution is -0.149. The highest BCUT2D eigenvalue weighted by molar-refractivity contribution is 5.80. The maximum atomic E-state index is 11.1. The van der Waals surface area contributed by atoms with Gasteiger partial charge in [-0.25, -0.2) is 0 Å². The Kier molecular flexibility index (Phi) is 4.85. The predicted molar refractivity (Wildman–Crippen MR) is 47.5 cm³/mol. The molecule has 4 N–H and O–H groups in total. The molecular weight excluding hydrogens is 156 g/mol. The summed E-state index contributed by atoms with van der Waals surface area (Å²) in [5.74, 6) is -0.418. The molecule has 0 amide bonds. The van der Waals surface area contributed by atoms with Crippen molar-refractivity contribution in [3.8, 4) is 0 Å². The fourth-order valence-corrected chi connectivity index (χ4v) is 0.557. The van der Waals surface area contributed by atoms with Gasteiger partial charge in [-0.1, -0.05) is 13.3 Å². The molecular formula is C8H18N2O2. The van der Waals surface area contributed by atoms with E-state index in [0.717, 1.165) is 12.8 Å². The van der Waals surface area contributed by atoms with E-state index in [4.69, 9.17) is 16.2 Å². The quantitative estimate of drug-likeness (QED) is 0.454. The molecule has 0 heterocycles. The second-order valence-corrected chi connectivity index (χ2v) is 3.11. The monoisotopic (exact) mass is 174 g/mol. The van der Waals surface area contributed by atoms with Gasteiger partial charge in [0, 0.05) is 6.54 Å². The molecule has 0 bridgehead atoms. The number of nitrogens with two attached hydrogens (primary N) is 2. The highest BCUT2D eigenvalue weighted by Gasteiger charge is 2.27. The van der Waals surface area contributed by atoms with Crippen LogP contribution >= 0.6 is 0 Å². The lowest BCUT2D eigenvalue weighted by Gasteiger charge is -2.19. The van der Waals surface area contributed by atoms with Gasteiger partial charge in [-0.3, -0.25) is 4.79 Å². The van der Waals surface area contributed by atoms with E-state index in [-0.39, 0.29) is 6.54 Å². The van der Waals surface area contributed by atoms with Gasteiger partial charge in [0.05, 0.1) is 6.61 Å². The number of carbonyl (C=O) groups excluding carboxylic acids is 1. The van der Waals surface area contributed by atoms with E-state index < -0.39 is 11.5 Å². The van der Waals surface area contributed by atoms with Crippen LogP contribution in [0.25, 0.3) is 0 Å². The normalized spacial score (nSPS) is 15.3. The first-order valence-corrected chi connectivity index (χ1v) is 4.20. The molecule has 12 heavy (non-hydrogen) atoms. The van der Waals surface area contributed by atoms with Crippen LogP contribution in [0.15, 0.2) is 0 Å². The predicted octanol–water partition coefficient (Wildman–Crippen LogP) is 0.00580. The molecule has 0 spiro atoms. The number of unbranched alkanes of at least 4 members (excludes halogenated alkanes) is 1. The van der Waals surface area contributed by atoms with Crippen LogP contribution in [0.4, 0.5) is 0 Å². The molecule has 1 unspecified atom stereocenters. The molecule has 0 aromatic rings. The Labute approximate surface area is 73.2 Å². The third-order valence-electron chi connectivity index (χ3n) is 1.62. The molecule has 0 saturated carbocycles. The van der Waals surface area contributed by atoms with Gasteiger partial charge in [0.1, 0.15) is 5.54 Å². The van der Waals surface area contributed by atoms with Gasteiger partial charge in [0.15, 0.2) is 0 Å². The van der Waals surface area contributed by atoms with Crippen molar-refractivity contribution >= 4 is 5.97 Å². The number of carbonyl (C=O) groups is 1. The minimum absolute atomic E-state index is 0.109. The average Bonchev–Trinajstić information content (AvgIpc) is 2.05. The van der Waals surface area contributed by atoms with Crippen LogP contribution < -0.4 is 11.5 Å². The highest BCUT2D eigenvalue weighted by Crippen LogP contribution is 2.00. The van der Waals surface area contributed by atoms with E-state index in [0.29, 0.717) is 6.61 Å². The first-order valence-electron chi connectivity index (χ1n) is 4.20. The zero-order chi connectivity index (χ0) is 9.61. The minimum atomic E-state index is -1.03. The zero-order valence-corrected chi connectivity index (χ0v) is 7.80. The number of ether oxygens (including phenoxy) is 1. The van der Waals surface area contributed by atoms with Crippen LogP contribution in [-0.4, -0.2) is 24.7 Å². The molecule has 4 nitrogen and oxygen atoms in total. The summed E-state index contributed by atoms with van der Waals surface area (Å²) in [6.07, 6.45) is 1.86. The molecule has 0 saturated heterocycles. The summed E-state index contributed by atoms with van der Waals surface area (Å²) in [6, 6.07) is 0. The molecule has 0 radical (unpaired) electrons. The molecule has 0 aliphatic heterocycles. The van der Waals surface area contributed by atoms with Crippen LogP contribution in [-0.2, 0) is 9.53 Å². The Balaban J connectivity index is 3.72. The summed E-state index contributed by atoms with van der Waals surface area (Å²) in [4.78, 5) is 11.1. The Hall–Kier alpha value is -0.610. The lowest BCUT2D eigenvalue weighted by atomic mass is 10.1. The van der Waals surface area contributed by atoms with Crippen molar-refractivity contribution in [1.82, 2.24) is 0 Å². The van der Waals surface area contributed by atoms with Gasteiger partial charge in [-0.05, 0) is 13.3 Å². The molecule has 72 valence electrons. The summed E-state index contributed by atoms with van der Waals surface area (Å²) in [7, 11) is 0. The van der Waals surface area contributed by atoms with Gasteiger partial charge in [-0.2, -0.15) is 0 Å². The van der Waals surface area contributed by atoms with Gasteiger partial charge in [-0.15, -0.1) is 0 Å². The molecule has 1 atom stereocenters. The van der Waals surface area contributed by atoms with Crippen molar-refractivity contribution in [3.05, 3.63) is 0 Å². The molecule has 0 aliphatic rings. The second kappa shape index (κ2) is 5.11. The van der Waals surface area contributed by atoms with E-state index in [1.165, 1.54) is 0 Å². The van der Waals surface area contributed by atoms with Crippen LogP contribution in [0.3, 0.4) is 0 Å². The topological polar surface area (TPSA) is 78.3 Å². The lowest BCUT2D eigenvalue weighted by Crippen LogP contribution is -2.52. The average molecular weight is 174 g/mol. The number of esters is 1. The van der Waals surface area contributed by atoms with Crippen molar-refractivity contribution in [2.24, 2.45) is 11.5 Å². The summed E-state index contributed by atoms with van der Waals surface area (Å²) in [6.45, 7) is 4.14. The van der Waals surface area contributed by atoms with E-state index in [2.05, 4.69) is 0 Å². The standard InChI is InChI=1S/C8H18N2O2/c1-3-4-5-12-7(11)8(2,10)6-9/h3-6,9-10H2,1-2H3. The largest absolute Gasteiger partial charge is 0.464 e. The fraction of sp³-hybridized carbons (Fsp3) is 0.875. The fourth-order valence-electron chi connectivity index (χ4n) is 0.557. The maximum Gasteiger partial charge on any atom is 0.327 e. The van der Waals surface area contributed by atoms with Crippen molar-refractivity contribution in [2.45, 2.75) is 32.2 Å². The van der Waals surface area contributed by atoms with Gasteiger partial charge in [0.2, 0.25) is 0 Å². The van der Waals surface area contributed by atoms with E-state index in [1.807, 2.05) is 6.92 Å². The van der Waals surface area contributed by atoms with Crippen molar-refractivity contribution in [2.75, 3.05) is 13.2 Å². The SMILES string of the molecule is CCCCOC(=O)C(C)(N)CN. The Morgan fingerprint density at radius 1 is 1.58 bits per heavy atom.